The molecule has 0 unspecified atom stereocenters. The first kappa shape index (κ1) is 17.2. The molecule has 6 heteroatoms. The lowest BCUT2D eigenvalue weighted by Gasteiger charge is -2.30. The van der Waals surface area contributed by atoms with Crippen LogP contribution in [0.2, 0.25) is 0 Å². The summed E-state index contributed by atoms with van der Waals surface area (Å²) in [7, 11) is 0. The molecule has 1 aromatic carbocycles. The van der Waals surface area contributed by atoms with E-state index in [1.807, 2.05) is 32.0 Å². The molecule has 0 spiro atoms. The smallest absolute Gasteiger partial charge is 0.214 e. The number of nitrogens with zero attached hydrogens (tertiary/aromatic N) is 3. The number of anilines is 4. The van der Waals surface area contributed by atoms with Gasteiger partial charge in [0.05, 0.1) is 31.1 Å². The molecule has 1 saturated heterocycles. The van der Waals surface area contributed by atoms with E-state index in [1.165, 1.54) is 0 Å². The molecule has 0 bridgehead atoms. The van der Waals surface area contributed by atoms with Gasteiger partial charge in [-0.15, -0.1) is 0 Å². The predicted octanol–water partition coefficient (Wildman–Crippen LogP) is 3.16. The molecule has 2 aromatic rings. The number of hydrogen-bond acceptors (Lipinski definition) is 5. The van der Waals surface area contributed by atoms with Gasteiger partial charge in [0, 0.05) is 30.5 Å². The molecule has 132 valence electrons. The Labute approximate surface area is 148 Å². The van der Waals surface area contributed by atoms with Crippen molar-refractivity contribution in [2.24, 2.45) is 0 Å². The van der Waals surface area contributed by atoms with E-state index in [2.05, 4.69) is 27.3 Å². The van der Waals surface area contributed by atoms with Crippen LogP contribution >= 0.6 is 0 Å². The molecule has 25 heavy (non-hydrogen) atoms. The largest absolute Gasteiger partial charge is 0.378 e. The topological polar surface area (TPSA) is 57.7 Å². The van der Waals surface area contributed by atoms with Crippen LogP contribution in [0.3, 0.4) is 0 Å². The van der Waals surface area contributed by atoms with E-state index in [4.69, 9.17) is 4.74 Å². The Morgan fingerprint density at radius 1 is 1.20 bits per heavy atom. The summed E-state index contributed by atoms with van der Waals surface area (Å²) in [5, 5.41) is 3.34. The van der Waals surface area contributed by atoms with E-state index in [0.717, 1.165) is 61.2 Å². The van der Waals surface area contributed by atoms with Crippen molar-refractivity contribution in [3.05, 3.63) is 42.1 Å². The highest BCUT2D eigenvalue weighted by Crippen LogP contribution is 2.36. The van der Waals surface area contributed by atoms with Crippen LogP contribution in [0.25, 0.3) is 0 Å². The van der Waals surface area contributed by atoms with Crippen LogP contribution in [0.5, 0.6) is 0 Å². The highest BCUT2D eigenvalue weighted by atomic mass is 16.5. The molecule has 1 amide bonds. The third-order valence-corrected chi connectivity index (χ3v) is 4.28. The second-order valence-corrected chi connectivity index (χ2v) is 5.67. The van der Waals surface area contributed by atoms with Crippen molar-refractivity contribution in [1.82, 2.24) is 4.98 Å². The minimum absolute atomic E-state index is 0.513. The number of rotatable bonds is 2. The number of carbonyl (C=O) groups is 1. The Balaban J connectivity index is 0.000000880. The fourth-order valence-corrected chi connectivity index (χ4v) is 3.05. The van der Waals surface area contributed by atoms with E-state index in [1.54, 1.807) is 11.1 Å². The summed E-state index contributed by atoms with van der Waals surface area (Å²) in [6, 6.07) is 10.0. The lowest BCUT2D eigenvalue weighted by Crippen LogP contribution is -2.36. The third kappa shape index (κ3) is 3.58. The van der Waals surface area contributed by atoms with Gasteiger partial charge in [0.2, 0.25) is 6.41 Å². The molecule has 0 saturated carbocycles. The summed E-state index contributed by atoms with van der Waals surface area (Å²) in [6.45, 7) is 7.73. The highest BCUT2D eigenvalue weighted by molar-refractivity contribution is 5.89. The highest BCUT2D eigenvalue weighted by Gasteiger charge is 2.21. The van der Waals surface area contributed by atoms with Crippen LogP contribution < -0.4 is 15.1 Å². The minimum atomic E-state index is 0.513. The Hall–Kier alpha value is -2.60. The van der Waals surface area contributed by atoms with Gasteiger partial charge in [0.25, 0.3) is 0 Å². The number of ether oxygens (including phenoxy) is 1. The van der Waals surface area contributed by atoms with E-state index < -0.39 is 0 Å². The molecular weight excluding hydrogens is 316 g/mol. The summed E-state index contributed by atoms with van der Waals surface area (Å²) in [5.74, 6) is 0.803. The molecule has 4 rings (SSSR count). The molecule has 0 aliphatic carbocycles. The van der Waals surface area contributed by atoms with Crippen molar-refractivity contribution in [3.8, 4) is 0 Å². The van der Waals surface area contributed by atoms with Crippen molar-refractivity contribution >= 4 is 29.3 Å². The number of fused-ring (bicyclic) bond motifs is 2. The van der Waals surface area contributed by atoms with E-state index in [-0.39, 0.29) is 0 Å². The number of amides is 1. The first-order valence-electron chi connectivity index (χ1n) is 8.75. The molecule has 2 aliphatic heterocycles. The van der Waals surface area contributed by atoms with Gasteiger partial charge < -0.3 is 19.9 Å². The molecule has 0 atom stereocenters. The van der Waals surface area contributed by atoms with E-state index in [0.29, 0.717) is 6.54 Å². The monoisotopic (exact) mass is 340 g/mol. The normalized spacial score (nSPS) is 15.8. The number of hydrogen-bond donors (Lipinski definition) is 1. The summed E-state index contributed by atoms with van der Waals surface area (Å²) < 4.78 is 5.41. The van der Waals surface area contributed by atoms with Crippen molar-refractivity contribution < 1.29 is 9.53 Å². The van der Waals surface area contributed by atoms with Crippen molar-refractivity contribution in [3.63, 3.8) is 0 Å². The van der Waals surface area contributed by atoms with Crippen LogP contribution in [0.4, 0.5) is 22.9 Å². The lowest BCUT2D eigenvalue weighted by atomic mass is 10.2. The number of morpholine rings is 1. The second kappa shape index (κ2) is 7.98. The number of nitrogens with one attached hydrogen (secondary N) is 1. The first-order valence-corrected chi connectivity index (χ1v) is 8.75. The maximum atomic E-state index is 11.6. The molecule has 0 radical (unpaired) electrons. The van der Waals surface area contributed by atoms with Gasteiger partial charge in [0.15, 0.2) is 0 Å². The minimum Gasteiger partial charge on any atom is -0.378 e. The van der Waals surface area contributed by atoms with Gasteiger partial charge in [0.1, 0.15) is 5.82 Å². The van der Waals surface area contributed by atoms with E-state index >= 15 is 0 Å². The number of benzene rings is 1. The zero-order valence-corrected chi connectivity index (χ0v) is 14.7. The first-order chi connectivity index (χ1) is 12.3. The Morgan fingerprint density at radius 2 is 2.00 bits per heavy atom. The summed E-state index contributed by atoms with van der Waals surface area (Å²) in [6.07, 6.45) is 2.63. The molecule has 3 heterocycles. The summed E-state index contributed by atoms with van der Waals surface area (Å²) in [4.78, 5) is 20.0. The van der Waals surface area contributed by atoms with Gasteiger partial charge in [-0.25, -0.2) is 4.98 Å². The quantitative estimate of drug-likeness (QED) is 0.851. The zero-order chi connectivity index (χ0) is 17.6. The van der Waals surface area contributed by atoms with Crippen LogP contribution in [0, 0.1) is 0 Å². The fourth-order valence-electron chi connectivity index (χ4n) is 3.05. The van der Waals surface area contributed by atoms with Crippen LogP contribution in [0.1, 0.15) is 19.4 Å². The number of aromatic nitrogens is 1. The van der Waals surface area contributed by atoms with Crippen LogP contribution in [0.15, 0.2) is 36.5 Å². The molecule has 6 nitrogen and oxygen atoms in total. The average molecular weight is 340 g/mol. The van der Waals surface area contributed by atoms with Gasteiger partial charge in [-0.05, 0) is 24.3 Å². The lowest BCUT2D eigenvalue weighted by molar-refractivity contribution is -0.107. The van der Waals surface area contributed by atoms with Gasteiger partial charge in [-0.1, -0.05) is 19.9 Å². The van der Waals surface area contributed by atoms with Crippen molar-refractivity contribution in [2.75, 3.05) is 41.4 Å². The van der Waals surface area contributed by atoms with Gasteiger partial charge >= 0.3 is 0 Å². The molecule has 1 aromatic heterocycles. The van der Waals surface area contributed by atoms with Crippen molar-refractivity contribution in [1.29, 1.82) is 0 Å². The second-order valence-electron chi connectivity index (χ2n) is 5.67. The third-order valence-electron chi connectivity index (χ3n) is 4.28. The number of pyridine rings is 1. The zero-order valence-electron chi connectivity index (χ0n) is 14.7. The van der Waals surface area contributed by atoms with Crippen LogP contribution in [-0.2, 0) is 16.1 Å². The summed E-state index contributed by atoms with van der Waals surface area (Å²) in [5.41, 5.74) is 3.89. The Bertz CT molecular complexity index is 729. The van der Waals surface area contributed by atoms with Gasteiger partial charge in [-0.3, -0.25) is 4.79 Å². The fraction of sp³-hybridized carbons (Fsp3) is 0.368. The van der Waals surface area contributed by atoms with Crippen LogP contribution in [-0.4, -0.2) is 37.7 Å². The van der Waals surface area contributed by atoms with Gasteiger partial charge in [-0.2, -0.15) is 0 Å². The molecular formula is C19H24N4O2. The molecule has 2 aliphatic rings. The Morgan fingerprint density at radius 3 is 2.76 bits per heavy atom. The SMILES string of the molecule is CC.O=CN1Cc2cccnc2Nc2ccc(N3CCOCC3)cc21. The average Bonchev–Trinajstić information content (AvgIpc) is 2.86. The molecule has 1 N–H and O–H groups in total. The standard InChI is InChI=1S/C17H18N4O2.C2H6/c22-12-21-11-13-2-1-5-18-17(13)19-15-4-3-14(10-16(15)21)20-6-8-23-9-7-20;1-2/h1-5,10,12H,6-9,11H2,(H,18,19);1-2H3. The maximum absolute atomic E-state index is 11.6. The molecule has 1 fully saturated rings. The number of carbonyl (C=O) groups excluding carboxylic acids is 1. The maximum Gasteiger partial charge on any atom is 0.214 e. The van der Waals surface area contributed by atoms with Crippen molar-refractivity contribution in [2.45, 2.75) is 20.4 Å². The summed E-state index contributed by atoms with van der Waals surface area (Å²) >= 11 is 0. The van der Waals surface area contributed by atoms with E-state index in [9.17, 15) is 4.79 Å². The Kier molecular flexibility index (Phi) is 5.50. The predicted molar refractivity (Wildman–Crippen MR) is 101 cm³/mol.